The smallest absolute Gasteiger partial charge is 0.243 e. The molecule has 1 saturated carbocycles. The second-order valence-corrected chi connectivity index (χ2v) is 6.40. The fraction of sp³-hybridized carbons (Fsp3) is 0.867. The molecule has 0 aromatic carbocycles. The molecule has 0 bridgehead atoms. The van der Waals surface area contributed by atoms with Crippen LogP contribution in [0.15, 0.2) is 0 Å². The Labute approximate surface area is 115 Å². The van der Waals surface area contributed by atoms with Gasteiger partial charge in [-0.2, -0.15) is 5.26 Å². The molecule has 1 aliphatic carbocycles. The molecule has 2 rings (SSSR count). The number of carbonyl (C=O) groups excluding carboxylic acids is 1. The molecule has 1 heterocycles. The summed E-state index contributed by atoms with van der Waals surface area (Å²) in [6.07, 6.45) is 6.84. The normalized spacial score (nSPS) is 26.3. The number of nitriles is 1. The Morgan fingerprint density at radius 1 is 1.11 bits per heavy atom. The summed E-state index contributed by atoms with van der Waals surface area (Å²) in [6.45, 7) is 2.98. The first-order chi connectivity index (χ1) is 8.99. The van der Waals surface area contributed by atoms with E-state index in [0.717, 1.165) is 25.7 Å². The molecule has 0 aromatic rings. The van der Waals surface area contributed by atoms with Crippen LogP contribution in [0.4, 0.5) is 0 Å². The minimum absolute atomic E-state index is 0.00685. The molecule has 1 aliphatic heterocycles. The topological polar surface area (TPSA) is 64.3 Å². The second-order valence-electron chi connectivity index (χ2n) is 6.40. The Kier molecular flexibility index (Phi) is 4.15. The van der Waals surface area contributed by atoms with E-state index in [-0.39, 0.29) is 5.91 Å². The highest BCUT2D eigenvalue weighted by Crippen LogP contribution is 2.37. The number of amides is 1. The van der Waals surface area contributed by atoms with E-state index in [1.165, 1.54) is 0 Å². The molecule has 0 unspecified atom stereocenters. The molecule has 1 saturated heterocycles. The van der Waals surface area contributed by atoms with Crippen LogP contribution in [0.25, 0.3) is 0 Å². The molecule has 2 fully saturated rings. The van der Waals surface area contributed by atoms with Crippen molar-refractivity contribution in [1.29, 1.82) is 5.26 Å². The van der Waals surface area contributed by atoms with Gasteiger partial charge in [-0.15, -0.1) is 0 Å². The second kappa shape index (κ2) is 5.50. The third kappa shape index (κ3) is 3.09. The zero-order valence-corrected chi connectivity index (χ0v) is 11.8. The van der Waals surface area contributed by atoms with Crippen molar-refractivity contribution in [2.45, 2.75) is 63.9 Å². The van der Waals surface area contributed by atoms with Gasteiger partial charge in [0.25, 0.3) is 0 Å². The van der Waals surface area contributed by atoms with Gasteiger partial charge in [-0.1, -0.05) is 25.7 Å². The summed E-state index contributed by atoms with van der Waals surface area (Å²) in [5.41, 5.74) is -1.44. The number of hydrogen-bond acceptors (Lipinski definition) is 3. The summed E-state index contributed by atoms with van der Waals surface area (Å²) >= 11 is 0. The molecule has 2 aliphatic rings. The summed E-state index contributed by atoms with van der Waals surface area (Å²) < 4.78 is 0. The third-order valence-electron chi connectivity index (χ3n) is 4.71. The molecule has 106 valence electrons. The van der Waals surface area contributed by atoms with E-state index in [0.29, 0.717) is 38.8 Å². The van der Waals surface area contributed by atoms with Crippen LogP contribution in [-0.2, 0) is 4.79 Å². The lowest BCUT2D eigenvalue weighted by molar-refractivity contribution is -0.143. The Balaban J connectivity index is 2.07. The maximum atomic E-state index is 12.7. The largest absolute Gasteiger partial charge is 0.390 e. The predicted octanol–water partition coefficient (Wildman–Crippen LogP) is 2.22. The van der Waals surface area contributed by atoms with Gasteiger partial charge >= 0.3 is 0 Å². The van der Waals surface area contributed by atoms with Crippen LogP contribution in [0.2, 0.25) is 0 Å². The Morgan fingerprint density at radius 2 is 1.63 bits per heavy atom. The van der Waals surface area contributed by atoms with Gasteiger partial charge in [0.15, 0.2) is 0 Å². The standard InChI is InChI=1S/C15H24N2O2/c1-14(19)8-10-17(11-9-14)13(18)15(12-16)6-4-2-3-5-7-15/h19H,2-11H2,1H3. The zero-order chi connectivity index (χ0) is 13.9. The summed E-state index contributed by atoms with van der Waals surface area (Å²) in [5.74, 6) is 0.00685. The van der Waals surface area contributed by atoms with Crippen LogP contribution in [0.5, 0.6) is 0 Å². The van der Waals surface area contributed by atoms with Gasteiger partial charge < -0.3 is 10.0 Å². The van der Waals surface area contributed by atoms with Crippen LogP contribution in [0, 0.1) is 16.7 Å². The summed E-state index contributed by atoms with van der Waals surface area (Å²) in [6, 6.07) is 2.32. The highest BCUT2D eigenvalue weighted by Gasteiger charge is 2.43. The highest BCUT2D eigenvalue weighted by molar-refractivity contribution is 5.85. The number of piperidine rings is 1. The predicted molar refractivity (Wildman–Crippen MR) is 72.2 cm³/mol. The van der Waals surface area contributed by atoms with Crippen molar-refractivity contribution in [1.82, 2.24) is 4.90 Å². The highest BCUT2D eigenvalue weighted by atomic mass is 16.3. The van der Waals surface area contributed by atoms with Gasteiger partial charge in [-0.25, -0.2) is 0 Å². The average molecular weight is 264 g/mol. The number of nitrogens with zero attached hydrogens (tertiary/aromatic N) is 2. The van der Waals surface area contributed by atoms with Crippen molar-refractivity contribution in [3.63, 3.8) is 0 Å². The average Bonchev–Trinajstić information content (AvgIpc) is 2.64. The fourth-order valence-corrected chi connectivity index (χ4v) is 3.20. The maximum absolute atomic E-state index is 12.7. The fourth-order valence-electron chi connectivity index (χ4n) is 3.20. The minimum Gasteiger partial charge on any atom is -0.390 e. The maximum Gasteiger partial charge on any atom is 0.243 e. The van der Waals surface area contributed by atoms with Gasteiger partial charge in [0.05, 0.1) is 11.7 Å². The summed E-state index contributed by atoms with van der Waals surface area (Å²) in [4.78, 5) is 14.5. The van der Waals surface area contributed by atoms with Crippen LogP contribution in [-0.4, -0.2) is 34.6 Å². The summed E-state index contributed by atoms with van der Waals surface area (Å²) in [7, 11) is 0. The number of likely N-dealkylation sites (tertiary alicyclic amines) is 1. The van der Waals surface area contributed by atoms with Crippen molar-refractivity contribution in [3.8, 4) is 6.07 Å². The van der Waals surface area contributed by atoms with E-state index in [4.69, 9.17) is 0 Å². The van der Waals surface area contributed by atoms with Crippen molar-refractivity contribution in [3.05, 3.63) is 0 Å². The molecule has 4 nitrogen and oxygen atoms in total. The Bertz CT molecular complexity index is 366. The third-order valence-corrected chi connectivity index (χ3v) is 4.71. The first kappa shape index (κ1) is 14.3. The van der Waals surface area contributed by atoms with Gasteiger partial charge in [0.1, 0.15) is 5.41 Å². The number of aliphatic hydroxyl groups is 1. The molecule has 0 radical (unpaired) electrons. The lowest BCUT2D eigenvalue weighted by Crippen LogP contribution is -2.50. The monoisotopic (exact) mass is 264 g/mol. The van der Waals surface area contributed by atoms with Gasteiger partial charge in [-0.3, -0.25) is 4.79 Å². The number of carbonyl (C=O) groups is 1. The molecule has 19 heavy (non-hydrogen) atoms. The van der Waals surface area contributed by atoms with Gasteiger partial charge in [0.2, 0.25) is 5.91 Å². The van der Waals surface area contributed by atoms with Crippen LogP contribution < -0.4 is 0 Å². The van der Waals surface area contributed by atoms with Gasteiger partial charge in [0, 0.05) is 13.1 Å². The Morgan fingerprint density at radius 3 is 2.11 bits per heavy atom. The van der Waals surface area contributed by atoms with Crippen molar-refractivity contribution in [2.75, 3.05) is 13.1 Å². The molecule has 0 aromatic heterocycles. The molecule has 0 spiro atoms. The number of hydrogen-bond donors (Lipinski definition) is 1. The SMILES string of the molecule is CC1(O)CCN(C(=O)C2(C#N)CCCCCC2)CC1. The molecule has 4 heteroatoms. The van der Waals surface area contributed by atoms with E-state index in [9.17, 15) is 15.2 Å². The van der Waals surface area contributed by atoms with Crippen molar-refractivity contribution >= 4 is 5.91 Å². The zero-order valence-electron chi connectivity index (χ0n) is 11.8. The first-order valence-corrected chi connectivity index (χ1v) is 7.42. The Hall–Kier alpha value is -1.08. The van der Waals surface area contributed by atoms with E-state index in [1.54, 1.807) is 4.90 Å². The lowest BCUT2D eigenvalue weighted by Gasteiger charge is -2.39. The van der Waals surface area contributed by atoms with E-state index in [1.807, 2.05) is 6.92 Å². The van der Waals surface area contributed by atoms with Crippen LogP contribution in [0.3, 0.4) is 0 Å². The first-order valence-electron chi connectivity index (χ1n) is 7.42. The molecule has 1 amide bonds. The van der Waals surface area contributed by atoms with Crippen LogP contribution in [0.1, 0.15) is 58.3 Å². The molecular weight excluding hydrogens is 240 g/mol. The lowest BCUT2D eigenvalue weighted by atomic mass is 9.79. The van der Waals surface area contributed by atoms with Crippen LogP contribution >= 0.6 is 0 Å². The minimum atomic E-state index is -0.792. The van der Waals surface area contributed by atoms with E-state index in [2.05, 4.69) is 6.07 Å². The summed E-state index contributed by atoms with van der Waals surface area (Å²) in [5, 5.41) is 19.5. The molecule has 1 N–H and O–H groups in total. The molecule has 0 atom stereocenters. The van der Waals surface area contributed by atoms with Gasteiger partial charge in [-0.05, 0) is 32.6 Å². The molecular formula is C15H24N2O2. The number of rotatable bonds is 1. The quantitative estimate of drug-likeness (QED) is 0.739. The van der Waals surface area contributed by atoms with Crippen molar-refractivity contribution < 1.29 is 9.90 Å². The van der Waals surface area contributed by atoms with Crippen molar-refractivity contribution in [2.24, 2.45) is 5.41 Å². The van der Waals surface area contributed by atoms with E-state index >= 15 is 0 Å². The van der Waals surface area contributed by atoms with E-state index < -0.39 is 11.0 Å².